The molecule has 0 bridgehead atoms. The molecule has 1 atom stereocenters. The van der Waals surface area contributed by atoms with Crippen LogP contribution in [0.1, 0.15) is 20.3 Å². The second-order valence-corrected chi connectivity index (χ2v) is 4.77. The summed E-state index contributed by atoms with van der Waals surface area (Å²) in [5.74, 6) is 1.77. The molecule has 0 radical (unpaired) electrons. The van der Waals surface area contributed by atoms with Gasteiger partial charge in [0.2, 0.25) is 5.91 Å². The van der Waals surface area contributed by atoms with Crippen molar-refractivity contribution in [3.8, 4) is 0 Å². The maximum Gasteiger partial charge on any atom is 0.239 e. The topological polar surface area (TPSA) is 53.5 Å². The van der Waals surface area contributed by atoms with Gasteiger partial charge in [-0.25, -0.2) is 0 Å². The highest BCUT2D eigenvalue weighted by molar-refractivity contribution is 8.13. The van der Waals surface area contributed by atoms with E-state index in [2.05, 4.69) is 22.5 Å². The van der Waals surface area contributed by atoms with E-state index in [4.69, 9.17) is 0 Å². The number of amidine groups is 1. The molecular formula is C10H19N3OS. The van der Waals surface area contributed by atoms with Gasteiger partial charge in [0.25, 0.3) is 0 Å². The molecule has 5 heteroatoms. The van der Waals surface area contributed by atoms with Crippen molar-refractivity contribution in [1.82, 2.24) is 10.6 Å². The zero-order chi connectivity index (χ0) is 11.1. The Hall–Kier alpha value is -0.710. The molecule has 0 fully saturated rings. The molecule has 0 aromatic carbocycles. The Morgan fingerprint density at radius 2 is 2.47 bits per heavy atom. The SMILES string of the molecule is CCCNC(=O)CNC1=NCC(C)CS1. The summed E-state index contributed by atoms with van der Waals surface area (Å²) >= 11 is 1.70. The first-order chi connectivity index (χ1) is 7.22. The van der Waals surface area contributed by atoms with Crippen LogP contribution < -0.4 is 10.6 Å². The van der Waals surface area contributed by atoms with Crippen LogP contribution in [-0.4, -0.2) is 36.5 Å². The van der Waals surface area contributed by atoms with Crippen molar-refractivity contribution in [2.75, 3.05) is 25.4 Å². The summed E-state index contributed by atoms with van der Waals surface area (Å²) in [6.07, 6.45) is 0.971. The summed E-state index contributed by atoms with van der Waals surface area (Å²) in [5.41, 5.74) is 0. The molecule has 4 nitrogen and oxygen atoms in total. The van der Waals surface area contributed by atoms with E-state index in [0.29, 0.717) is 12.5 Å². The molecule has 0 aromatic heterocycles. The molecule has 0 spiro atoms. The summed E-state index contributed by atoms with van der Waals surface area (Å²) in [5, 5.41) is 6.77. The van der Waals surface area contributed by atoms with Gasteiger partial charge in [-0.15, -0.1) is 0 Å². The summed E-state index contributed by atoms with van der Waals surface area (Å²) < 4.78 is 0. The first-order valence-electron chi connectivity index (χ1n) is 5.40. The van der Waals surface area contributed by atoms with Gasteiger partial charge < -0.3 is 10.6 Å². The molecule has 1 heterocycles. The third-order valence-corrected chi connectivity index (χ3v) is 3.31. The Balaban J connectivity index is 2.17. The number of hydrogen-bond donors (Lipinski definition) is 2. The largest absolute Gasteiger partial charge is 0.356 e. The minimum atomic E-state index is 0.0405. The minimum absolute atomic E-state index is 0.0405. The van der Waals surface area contributed by atoms with E-state index < -0.39 is 0 Å². The van der Waals surface area contributed by atoms with Crippen molar-refractivity contribution in [3.05, 3.63) is 0 Å². The van der Waals surface area contributed by atoms with Crippen molar-refractivity contribution in [1.29, 1.82) is 0 Å². The van der Waals surface area contributed by atoms with Gasteiger partial charge in [0, 0.05) is 18.8 Å². The molecule has 0 aliphatic carbocycles. The fourth-order valence-corrected chi connectivity index (χ4v) is 2.04. The van der Waals surface area contributed by atoms with E-state index in [0.717, 1.165) is 30.4 Å². The number of nitrogens with one attached hydrogen (secondary N) is 2. The molecule has 86 valence electrons. The Morgan fingerprint density at radius 1 is 1.67 bits per heavy atom. The molecule has 0 saturated carbocycles. The van der Waals surface area contributed by atoms with Gasteiger partial charge in [-0.1, -0.05) is 25.6 Å². The predicted molar refractivity (Wildman–Crippen MR) is 65.2 cm³/mol. The monoisotopic (exact) mass is 229 g/mol. The van der Waals surface area contributed by atoms with Crippen LogP contribution in [0.2, 0.25) is 0 Å². The molecule has 15 heavy (non-hydrogen) atoms. The van der Waals surface area contributed by atoms with E-state index in [9.17, 15) is 4.79 Å². The fraction of sp³-hybridized carbons (Fsp3) is 0.800. The standard InChI is InChI=1S/C10H19N3OS/c1-3-4-11-9(14)6-13-10-12-5-8(2)7-15-10/h8H,3-7H2,1-2H3,(H,11,14)(H,12,13). The number of amides is 1. The third kappa shape index (κ3) is 5.06. The lowest BCUT2D eigenvalue weighted by Gasteiger charge is -2.17. The lowest BCUT2D eigenvalue weighted by Crippen LogP contribution is -2.37. The zero-order valence-corrected chi connectivity index (χ0v) is 10.2. The van der Waals surface area contributed by atoms with Crippen LogP contribution in [0.25, 0.3) is 0 Å². The number of carbonyl (C=O) groups excluding carboxylic acids is 1. The maximum absolute atomic E-state index is 11.3. The highest BCUT2D eigenvalue weighted by Crippen LogP contribution is 2.15. The van der Waals surface area contributed by atoms with Crippen LogP contribution in [0.15, 0.2) is 4.99 Å². The predicted octanol–water partition coefficient (Wildman–Crippen LogP) is 0.841. The van der Waals surface area contributed by atoms with Crippen molar-refractivity contribution < 1.29 is 4.79 Å². The Bertz CT molecular complexity index is 243. The number of hydrogen-bond acceptors (Lipinski definition) is 4. The average Bonchev–Trinajstić information content (AvgIpc) is 2.25. The highest BCUT2D eigenvalue weighted by atomic mass is 32.2. The van der Waals surface area contributed by atoms with Crippen LogP contribution in [-0.2, 0) is 4.79 Å². The van der Waals surface area contributed by atoms with Gasteiger partial charge in [-0.05, 0) is 12.3 Å². The van der Waals surface area contributed by atoms with Crippen LogP contribution in [0.5, 0.6) is 0 Å². The van der Waals surface area contributed by atoms with Gasteiger partial charge in [0.15, 0.2) is 5.17 Å². The molecule has 1 rings (SSSR count). The molecule has 1 unspecified atom stereocenters. The minimum Gasteiger partial charge on any atom is -0.356 e. The molecule has 2 N–H and O–H groups in total. The van der Waals surface area contributed by atoms with Gasteiger partial charge in [-0.2, -0.15) is 0 Å². The van der Waals surface area contributed by atoms with Gasteiger partial charge >= 0.3 is 0 Å². The second kappa shape index (κ2) is 6.71. The van der Waals surface area contributed by atoms with Gasteiger partial charge in [0.05, 0.1) is 6.54 Å². The van der Waals surface area contributed by atoms with Crippen LogP contribution in [0.3, 0.4) is 0 Å². The summed E-state index contributed by atoms with van der Waals surface area (Å²) in [7, 11) is 0. The molecule has 1 aliphatic heterocycles. The number of rotatable bonds is 4. The lowest BCUT2D eigenvalue weighted by molar-refractivity contribution is -0.119. The zero-order valence-electron chi connectivity index (χ0n) is 9.38. The number of nitrogens with zero attached hydrogens (tertiary/aromatic N) is 1. The highest BCUT2D eigenvalue weighted by Gasteiger charge is 2.12. The number of thioether (sulfide) groups is 1. The van der Waals surface area contributed by atoms with E-state index in [1.807, 2.05) is 6.92 Å². The maximum atomic E-state index is 11.3. The Morgan fingerprint density at radius 3 is 3.07 bits per heavy atom. The van der Waals surface area contributed by atoms with E-state index in [1.165, 1.54) is 0 Å². The quantitative estimate of drug-likeness (QED) is 0.751. The van der Waals surface area contributed by atoms with Crippen molar-refractivity contribution in [2.45, 2.75) is 20.3 Å². The molecule has 1 amide bonds. The lowest BCUT2D eigenvalue weighted by atomic mass is 10.2. The molecular weight excluding hydrogens is 210 g/mol. The first-order valence-corrected chi connectivity index (χ1v) is 6.38. The Labute approximate surface area is 95.3 Å². The van der Waals surface area contributed by atoms with E-state index in [1.54, 1.807) is 11.8 Å². The van der Waals surface area contributed by atoms with Crippen molar-refractivity contribution in [2.24, 2.45) is 10.9 Å². The molecule has 1 aliphatic rings. The first kappa shape index (κ1) is 12.4. The van der Waals surface area contributed by atoms with Crippen LogP contribution in [0.4, 0.5) is 0 Å². The normalized spacial score (nSPS) is 20.7. The van der Waals surface area contributed by atoms with Crippen LogP contribution >= 0.6 is 11.8 Å². The third-order valence-electron chi connectivity index (χ3n) is 2.02. The molecule has 0 aromatic rings. The van der Waals surface area contributed by atoms with Crippen LogP contribution in [0, 0.1) is 5.92 Å². The van der Waals surface area contributed by atoms with Crippen molar-refractivity contribution >= 4 is 22.8 Å². The van der Waals surface area contributed by atoms with Gasteiger partial charge in [-0.3, -0.25) is 9.79 Å². The van der Waals surface area contributed by atoms with E-state index >= 15 is 0 Å². The van der Waals surface area contributed by atoms with Gasteiger partial charge in [0.1, 0.15) is 0 Å². The second-order valence-electron chi connectivity index (χ2n) is 3.77. The summed E-state index contributed by atoms with van der Waals surface area (Å²) in [6, 6.07) is 0. The average molecular weight is 229 g/mol. The number of carbonyl (C=O) groups is 1. The summed E-state index contributed by atoms with van der Waals surface area (Å²) in [6.45, 7) is 6.17. The fourth-order valence-electron chi connectivity index (χ4n) is 1.15. The summed E-state index contributed by atoms with van der Waals surface area (Å²) in [4.78, 5) is 15.6. The smallest absolute Gasteiger partial charge is 0.239 e. The number of aliphatic imine (C=N–C) groups is 1. The van der Waals surface area contributed by atoms with E-state index in [-0.39, 0.29) is 5.91 Å². The molecule has 0 saturated heterocycles. The Kier molecular flexibility index (Phi) is 5.53. The van der Waals surface area contributed by atoms with Crippen molar-refractivity contribution in [3.63, 3.8) is 0 Å².